The number of hydrogen-bond donors (Lipinski definition) is 1. The number of carbonyl (C=O) groups excluding carboxylic acids is 1. The van der Waals surface area contributed by atoms with Gasteiger partial charge in [0.25, 0.3) is 0 Å². The lowest BCUT2D eigenvalue weighted by Gasteiger charge is -2.08. The Morgan fingerprint density at radius 3 is 2.83 bits per heavy atom. The van der Waals surface area contributed by atoms with Crippen LogP contribution in [-0.4, -0.2) is 31.5 Å². The molecule has 0 saturated heterocycles. The highest BCUT2D eigenvalue weighted by molar-refractivity contribution is 6.18. The molecule has 0 aliphatic carbocycles. The van der Waals surface area contributed by atoms with Crippen molar-refractivity contribution in [3.05, 3.63) is 0 Å². The highest BCUT2D eigenvalue weighted by atomic mass is 35.5. The molecule has 1 unspecified atom stereocenters. The maximum Gasteiger partial charge on any atom is 0.246 e. The van der Waals surface area contributed by atoms with Crippen LogP contribution in [-0.2, 0) is 9.53 Å². The third-order valence-electron chi connectivity index (χ3n) is 1.35. The Balaban J connectivity index is 3.31. The third kappa shape index (κ3) is 6.43. The molecule has 3 nitrogen and oxygen atoms in total. The second-order valence-corrected chi connectivity index (χ2v) is 3.01. The van der Waals surface area contributed by atoms with Gasteiger partial charge >= 0.3 is 0 Å². The van der Waals surface area contributed by atoms with Crippen molar-refractivity contribution in [2.45, 2.75) is 13.8 Å². The Hall–Kier alpha value is -0.280. The molecule has 0 aromatic heterocycles. The molecular formula is C8H16ClNO2. The first kappa shape index (κ1) is 11.7. The van der Waals surface area contributed by atoms with Gasteiger partial charge in [-0.25, -0.2) is 0 Å². The number of carbonyl (C=O) groups is 1. The summed E-state index contributed by atoms with van der Waals surface area (Å²) in [6, 6.07) is 0. The summed E-state index contributed by atoms with van der Waals surface area (Å²) in [5, 5.41) is 2.72. The molecule has 0 saturated carbocycles. The summed E-state index contributed by atoms with van der Waals surface area (Å²) in [5.41, 5.74) is 0. The first-order valence-corrected chi connectivity index (χ1v) is 4.64. The first-order valence-electron chi connectivity index (χ1n) is 4.11. The number of nitrogens with one attached hydrogen (secondary N) is 1. The van der Waals surface area contributed by atoms with Crippen LogP contribution in [0.1, 0.15) is 13.8 Å². The highest BCUT2D eigenvalue weighted by Crippen LogP contribution is 1.94. The molecule has 4 heteroatoms. The lowest BCUT2D eigenvalue weighted by atomic mass is 10.2. The van der Waals surface area contributed by atoms with Crippen LogP contribution in [0.25, 0.3) is 0 Å². The van der Waals surface area contributed by atoms with E-state index in [2.05, 4.69) is 5.32 Å². The fraction of sp³-hybridized carbons (Fsp3) is 0.875. The number of ether oxygens (including phenoxy) is 1. The van der Waals surface area contributed by atoms with Gasteiger partial charge < -0.3 is 10.1 Å². The molecule has 0 aliphatic rings. The molecule has 0 radical (unpaired) electrons. The van der Waals surface area contributed by atoms with Gasteiger partial charge in [0.1, 0.15) is 6.61 Å². The van der Waals surface area contributed by atoms with E-state index in [0.29, 0.717) is 24.9 Å². The fourth-order valence-electron chi connectivity index (χ4n) is 0.588. The molecule has 0 heterocycles. The van der Waals surface area contributed by atoms with Crippen LogP contribution >= 0.6 is 11.6 Å². The second kappa shape index (κ2) is 7.37. The highest BCUT2D eigenvalue weighted by Gasteiger charge is 2.03. The summed E-state index contributed by atoms with van der Waals surface area (Å²) < 4.78 is 4.92. The van der Waals surface area contributed by atoms with E-state index >= 15 is 0 Å². The minimum Gasteiger partial charge on any atom is -0.372 e. The van der Waals surface area contributed by atoms with Crippen LogP contribution in [0.15, 0.2) is 0 Å². The van der Waals surface area contributed by atoms with Crippen LogP contribution in [0.2, 0.25) is 0 Å². The topological polar surface area (TPSA) is 38.3 Å². The lowest BCUT2D eigenvalue weighted by molar-refractivity contribution is -0.125. The molecule has 1 amide bonds. The van der Waals surface area contributed by atoms with E-state index in [4.69, 9.17) is 16.3 Å². The van der Waals surface area contributed by atoms with Crippen LogP contribution < -0.4 is 5.32 Å². The Kier molecular flexibility index (Phi) is 7.20. The van der Waals surface area contributed by atoms with Crippen molar-refractivity contribution >= 4 is 17.5 Å². The van der Waals surface area contributed by atoms with Crippen molar-refractivity contribution in [3.8, 4) is 0 Å². The summed E-state index contributed by atoms with van der Waals surface area (Å²) in [4.78, 5) is 10.9. The smallest absolute Gasteiger partial charge is 0.246 e. The maximum atomic E-state index is 10.9. The molecule has 0 rings (SSSR count). The number of alkyl halides is 1. The van der Waals surface area contributed by atoms with Crippen LogP contribution in [0.3, 0.4) is 0 Å². The number of rotatable bonds is 6. The SMILES string of the molecule is CCOCC(=O)NCC(C)CCl. The fourth-order valence-corrected chi connectivity index (χ4v) is 0.698. The quantitative estimate of drug-likeness (QED) is 0.640. The van der Waals surface area contributed by atoms with Gasteiger partial charge in [-0.1, -0.05) is 6.92 Å². The predicted molar refractivity (Wildman–Crippen MR) is 49.4 cm³/mol. The molecule has 1 N–H and O–H groups in total. The zero-order valence-corrected chi connectivity index (χ0v) is 8.36. The molecule has 0 bridgehead atoms. The van der Waals surface area contributed by atoms with Crippen molar-refractivity contribution in [3.63, 3.8) is 0 Å². The molecule has 0 fully saturated rings. The molecule has 0 spiro atoms. The molecule has 12 heavy (non-hydrogen) atoms. The summed E-state index contributed by atoms with van der Waals surface area (Å²) >= 11 is 5.56. The van der Waals surface area contributed by atoms with E-state index in [9.17, 15) is 4.79 Å². The largest absolute Gasteiger partial charge is 0.372 e. The van der Waals surface area contributed by atoms with Crippen LogP contribution in [0.5, 0.6) is 0 Å². The first-order chi connectivity index (χ1) is 5.70. The van der Waals surface area contributed by atoms with Gasteiger partial charge in [0.15, 0.2) is 0 Å². The molecule has 72 valence electrons. The number of hydrogen-bond acceptors (Lipinski definition) is 2. The molecule has 0 aromatic carbocycles. The Bertz CT molecular complexity index is 130. The van der Waals surface area contributed by atoms with E-state index in [-0.39, 0.29) is 12.5 Å². The average Bonchev–Trinajstić information content (AvgIpc) is 2.10. The Labute approximate surface area is 78.4 Å². The van der Waals surface area contributed by atoms with Gasteiger partial charge in [0.2, 0.25) is 5.91 Å². The van der Waals surface area contributed by atoms with Gasteiger partial charge in [0, 0.05) is 19.0 Å². The minimum atomic E-state index is -0.0752. The van der Waals surface area contributed by atoms with E-state index in [1.165, 1.54) is 0 Å². The van der Waals surface area contributed by atoms with E-state index in [1.807, 2.05) is 13.8 Å². The van der Waals surface area contributed by atoms with E-state index < -0.39 is 0 Å². The predicted octanol–water partition coefficient (Wildman–Crippen LogP) is 1.01. The molecular weight excluding hydrogens is 178 g/mol. The van der Waals surface area contributed by atoms with Gasteiger partial charge in [-0.2, -0.15) is 0 Å². The molecule has 0 aromatic rings. The third-order valence-corrected chi connectivity index (χ3v) is 1.88. The zero-order valence-electron chi connectivity index (χ0n) is 7.60. The van der Waals surface area contributed by atoms with E-state index in [0.717, 1.165) is 0 Å². The summed E-state index contributed by atoms with van der Waals surface area (Å²) in [7, 11) is 0. The number of halogens is 1. The van der Waals surface area contributed by atoms with Crippen molar-refractivity contribution in [2.24, 2.45) is 5.92 Å². The lowest BCUT2D eigenvalue weighted by Crippen LogP contribution is -2.31. The minimum absolute atomic E-state index is 0.0752. The van der Waals surface area contributed by atoms with Gasteiger partial charge in [-0.15, -0.1) is 11.6 Å². The summed E-state index contributed by atoms with van der Waals surface area (Å²) in [6.45, 7) is 5.17. The normalized spacial score (nSPS) is 12.6. The van der Waals surface area contributed by atoms with Crippen LogP contribution in [0, 0.1) is 5.92 Å². The monoisotopic (exact) mass is 193 g/mol. The molecule has 0 aliphatic heterocycles. The average molecular weight is 194 g/mol. The van der Waals surface area contributed by atoms with Gasteiger partial charge in [-0.3, -0.25) is 4.79 Å². The number of amides is 1. The van der Waals surface area contributed by atoms with Crippen molar-refractivity contribution < 1.29 is 9.53 Å². The van der Waals surface area contributed by atoms with E-state index in [1.54, 1.807) is 0 Å². The Morgan fingerprint density at radius 2 is 2.33 bits per heavy atom. The molecule has 1 atom stereocenters. The van der Waals surface area contributed by atoms with Gasteiger partial charge in [0.05, 0.1) is 0 Å². The summed E-state index contributed by atoms with van der Waals surface area (Å²) in [6.07, 6.45) is 0. The van der Waals surface area contributed by atoms with Crippen LogP contribution in [0.4, 0.5) is 0 Å². The van der Waals surface area contributed by atoms with Crippen molar-refractivity contribution in [1.82, 2.24) is 5.32 Å². The Morgan fingerprint density at radius 1 is 1.67 bits per heavy atom. The second-order valence-electron chi connectivity index (χ2n) is 2.70. The standard InChI is InChI=1S/C8H16ClNO2/c1-3-12-6-8(11)10-5-7(2)4-9/h7H,3-6H2,1-2H3,(H,10,11). The zero-order chi connectivity index (χ0) is 9.40. The van der Waals surface area contributed by atoms with Crippen molar-refractivity contribution in [2.75, 3.05) is 25.6 Å². The van der Waals surface area contributed by atoms with Gasteiger partial charge in [-0.05, 0) is 12.8 Å². The summed E-state index contributed by atoms with van der Waals surface area (Å²) in [5.74, 6) is 0.806. The van der Waals surface area contributed by atoms with Crippen molar-refractivity contribution in [1.29, 1.82) is 0 Å². The maximum absolute atomic E-state index is 10.9.